The van der Waals surface area contributed by atoms with Crippen molar-refractivity contribution in [3.63, 3.8) is 0 Å². The number of aliphatic hydroxyl groups is 1. The largest absolute Gasteiger partial charge is 0.513 e. The maximum Gasteiger partial charge on any atom is 0.220 e. The third-order valence-corrected chi connectivity index (χ3v) is 1.80. The molecule has 3 nitrogen and oxygen atoms in total. The fourth-order valence-corrected chi connectivity index (χ4v) is 1.32. The van der Waals surface area contributed by atoms with Crippen LogP contribution < -0.4 is 5.32 Å². The molecule has 1 fully saturated rings. The van der Waals surface area contributed by atoms with Crippen LogP contribution in [0.4, 0.5) is 0 Å². The van der Waals surface area contributed by atoms with E-state index < -0.39 is 0 Å². The van der Waals surface area contributed by atoms with Crippen LogP contribution in [0.2, 0.25) is 0 Å². The summed E-state index contributed by atoms with van der Waals surface area (Å²) < 4.78 is 0. The number of carbonyl (C=O) groups excluding carboxylic acids is 1. The summed E-state index contributed by atoms with van der Waals surface area (Å²) in [6, 6.07) is 0.105. The van der Waals surface area contributed by atoms with E-state index in [1.165, 1.54) is 0 Å². The molecule has 1 heterocycles. The third kappa shape index (κ3) is 2.62. The smallest absolute Gasteiger partial charge is 0.220 e. The van der Waals surface area contributed by atoms with Crippen molar-refractivity contribution in [3.8, 4) is 0 Å². The Morgan fingerprint density at radius 1 is 1.82 bits per heavy atom. The zero-order valence-electron chi connectivity index (χ0n) is 6.47. The number of hydrogen-bond donors (Lipinski definition) is 2. The second-order valence-electron chi connectivity index (χ2n) is 2.93. The van der Waals surface area contributed by atoms with Crippen molar-refractivity contribution < 1.29 is 9.90 Å². The molecule has 1 aliphatic heterocycles. The molecule has 0 radical (unpaired) electrons. The Bertz CT molecular complexity index is 175. The maximum absolute atomic E-state index is 10.8. The normalized spacial score (nSPS) is 24.4. The Morgan fingerprint density at radius 3 is 3.09 bits per heavy atom. The minimum atomic E-state index is 0.0856. The summed E-state index contributed by atoms with van der Waals surface area (Å²) >= 11 is 0. The lowest BCUT2D eigenvalue weighted by molar-refractivity contribution is -0.123. The molecule has 0 aromatic rings. The standard InChI is InChI=1S/C8H13NO2/c1-6(10)5-7-3-2-4-8(11)9-7/h7,10H,1-5H2,(H,9,11). The summed E-state index contributed by atoms with van der Waals surface area (Å²) in [5.41, 5.74) is 0. The van der Waals surface area contributed by atoms with Crippen LogP contribution in [0.3, 0.4) is 0 Å². The van der Waals surface area contributed by atoms with Gasteiger partial charge in [-0.3, -0.25) is 4.79 Å². The molecule has 0 aromatic heterocycles. The predicted octanol–water partition coefficient (Wildman–Crippen LogP) is 1.12. The first-order valence-corrected chi connectivity index (χ1v) is 3.84. The first-order valence-electron chi connectivity index (χ1n) is 3.84. The van der Waals surface area contributed by atoms with Gasteiger partial charge < -0.3 is 10.4 Å². The SMILES string of the molecule is C=C(O)CC1CCCC(=O)N1. The Balaban J connectivity index is 2.34. The molecule has 0 bridgehead atoms. The first kappa shape index (κ1) is 8.11. The highest BCUT2D eigenvalue weighted by molar-refractivity contribution is 5.76. The highest BCUT2D eigenvalue weighted by atomic mass is 16.3. The topological polar surface area (TPSA) is 49.3 Å². The molecule has 1 rings (SSSR count). The second-order valence-corrected chi connectivity index (χ2v) is 2.93. The van der Waals surface area contributed by atoms with Crippen LogP contribution >= 0.6 is 0 Å². The molecule has 62 valence electrons. The van der Waals surface area contributed by atoms with E-state index in [4.69, 9.17) is 5.11 Å². The quantitative estimate of drug-likeness (QED) is 0.587. The molecule has 1 saturated heterocycles. The fraction of sp³-hybridized carbons (Fsp3) is 0.625. The monoisotopic (exact) mass is 155 g/mol. The van der Waals surface area contributed by atoms with Crippen LogP contribution in [-0.2, 0) is 4.79 Å². The van der Waals surface area contributed by atoms with Gasteiger partial charge in [0.05, 0.1) is 5.76 Å². The molecule has 1 aliphatic rings. The molecule has 3 heteroatoms. The van der Waals surface area contributed by atoms with Gasteiger partial charge in [0.25, 0.3) is 0 Å². The van der Waals surface area contributed by atoms with Gasteiger partial charge in [-0.25, -0.2) is 0 Å². The van der Waals surface area contributed by atoms with Crippen LogP contribution in [0, 0.1) is 0 Å². The van der Waals surface area contributed by atoms with Crippen molar-refractivity contribution in [1.29, 1.82) is 0 Å². The van der Waals surface area contributed by atoms with Crippen LogP contribution in [-0.4, -0.2) is 17.1 Å². The van der Waals surface area contributed by atoms with Crippen molar-refractivity contribution in [3.05, 3.63) is 12.3 Å². The minimum absolute atomic E-state index is 0.0856. The van der Waals surface area contributed by atoms with Crippen molar-refractivity contribution in [2.24, 2.45) is 0 Å². The zero-order valence-corrected chi connectivity index (χ0v) is 6.47. The van der Waals surface area contributed by atoms with E-state index >= 15 is 0 Å². The van der Waals surface area contributed by atoms with Crippen molar-refractivity contribution in [1.82, 2.24) is 5.32 Å². The minimum Gasteiger partial charge on any atom is -0.513 e. The van der Waals surface area contributed by atoms with Gasteiger partial charge in [-0.15, -0.1) is 0 Å². The number of rotatable bonds is 2. The van der Waals surface area contributed by atoms with Gasteiger partial charge in [0.15, 0.2) is 0 Å². The molecule has 11 heavy (non-hydrogen) atoms. The summed E-state index contributed by atoms with van der Waals surface area (Å²) in [4.78, 5) is 10.8. The van der Waals surface area contributed by atoms with Gasteiger partial charge in [-0.2, -0.15) is 0 Å². The van der Waals surface area contributed by atoms with Gasteiger partial charge in [0.2, 0.25) is 5.91 Å². The van der Waals surface area contributed by atoms with Gasteiger partial charge in [-0.05, 0) is 12.8 Å². The van der Waals surface area contributed by atoms with Crippen LogP contribution in [0.25, 0.3) is 0 Å². The van der Waals surface area contributed by atoms with Crippen LogP contribution in [0.15, 0.2) is 12.3 Å². The Morgan fingerprint density at radius 2 is 2.55 bits per heavy atom. The summed E-state index contributed by atoms with van der Waals surface area (Å²) in [5.74, 6) is 0.236. The predicted molar refractivity (Wildman–Crippen MR) is 42.2 cm³/mol. The third-order valence-electron chi connectivity index (χ3n) is 1.80. The van der Waals surface area contributed by atoms with E-state index in [1.54, 1.807) is 0 Å². The number of nitrogens with one attached hydrogen (secondary N) is 1. The number of carbonyl (C=O) groups is 1. The lowest BCUT2D eigenvalue weighted by Crippen LogP contribution is -2.38. The highest BCUT2D eigenvalue weighted by Gasteiger charge is 2.17. The molecular weight excluding hydrogens is 142 g/mol. The van der Waals surface area contributed by atoms with E-state index in [-0.39, 0.29) is 17.7 Å². The van der Waals surface area contributed by atoms with Crippen molar-refractivity contribution >= 4 is 5.91 Å². The van der Waals surface area contributed by atoms with Crippen molar-refractivity contribution in [2.75, 3.05) is 0 Å². The maximum atomic E-state index is 10.8. The Hall–Kier alpha value is -0.990. The van der Waals surface area contributed by atoms with Gasteiger partial charge in [0.1, 0.15) is 0 Å². The van der Waals surface area contributed by atoms with Gasteiger partial charge in [-0.1, -0.05) is 6.58 Å². The van der Waals surface area contributed by atoms with Crippen molar-refractivity contribution in [2.45, 2.75) is 31.7 Å². The molecular formula is C8H13NO2. The first-order chi connectivity index (χ1) is 5.18. The molecule has 1 amide bonds. The van der Waals surface area contributed by atoms with Gasteiger partial charge >= 0.3 is 0 Å². The average Bonchev–Trinajstić information content (AvgIpc) is 1.85. The van der Waals surface area contributed by atoms with Gasteiger partial charge in [0, 0.05) is 18.9 Å². The zero-order chi connectivity index (χ0) is 8.27. The van der Waals surface area contributed by atoms with E-state index in [0.717, 1.165) is 12.8 Å². The van der Waals surface area contributed by atoms with E-state index in [9.17, 15) is 4.79 Å². The Kier molecular flexibility index (Phi) is 2.52. The Labute approximate surface area is 66.1 Å². The second kappa shape index (κ2) is 3.42. The van der Waals surface area contributed by atoms with E-state index in [2.05, 4.69) is 11.9 Å². The molecule has 1 atom stereocenters. The average molecular weight is 155 g/mol. The van der Waals surface area contributed by atoms with Crippen LogP contribution in [0.5, 0.6) is 0 Å². The number of hydrogen-bond acceptors (Lipinski definition) is 2. The summed E-state index contributed by atoms with van der Waals surface area (Å²) in [5, 5.41) is 11.6. The molecule has 0 saturated carbocycles. The highest BCUT2D eigenvalue weighted by Crippen LogP contribution is 2.13. The lowest BCUT2D eigenvalue weighted by atomic mass is 10.0. The lowest BCUT2D eigenvalue weighted by Gasteiger charge is -2.22. The number of piperidine rings is 1. The fourth-order valence-electron chi connectivity index (χ4n) is 1.32. The molecule has 1 unspecified atom stereocenters. The van der Waals surface area contributed by atoms with E-state index in [1.807, 2.05) is 0 Å². The summed E-state index contributed by atoms with van der Waals surface area (Å²) in [6.45, 7) is 3.38. The number of amides is 1. The summed E-state index contributed by atoms with van der Waals surface area (Å²) in [7, 11) is 0. The van der Waals surface area contributed by atoms with E-state index in [0.29, 0.717) is 12.8 Å². The molecule has 0 aliphatic carbocycles. The summed E-state index contributed by atoms with van der Waals surface area (Å²) in [6.07, 6.45) is 2.98. The molecule has 2 N–H and O–H groups in total. The number of aliphatic hydroxyl groups excluding tert-OH is 1. The van der Waals surface area contributed by atoms with Crippen LogP contribution in [0.1, 0.15) is 25.7 Å². The molecule has 0 aromatic carbocycles. The molecule has 0 spiro atoms.